The molecule has 0 saturated heterocycles. The van der Waals surface area contributed by atoms with Crippen LogP contribution in [0.2, 0.25) is 0 Å². The number of benzene rings is 9. The van der Waals surface area contributed by atoms with Gasteiger partial charge >= 0.3 is 0 Å². The molecular formula is C52H31N5O. The second-order valence-corrected chi connectivity index (χ2v) is 14.7. The van der Waals surface area contributed by atoms with E-state index in [2.05, 4.69) is 126 Å². The Balaban J connectivity index is 1.000. The average molecular weight is 742 g/mol. The van der Waals surface area contributed by atoms with Crippen LogP contribution in [0.25, 0.3) is 117 Å². The lowest BCUT2D eigenvalue weighted by Crippen LogP contribution is -2.00. The first-order chi connectivity index (χ1) is 28.7. The maximum atomic E-state index is 6.55. The van der Waals surface area contributed by atoms with Gasteiger partial charge in [-0.15, -0.1) is 0 Å². The average Bonchev–Trinajstić information content (AvgIpc) is 3.89. The van der Waals surface area contributed by atoms with E-state index < -0.39 is 0 Å². The van der Waals surface area contributed by atoms with Crippen LogP contribution in [0.3, 0.4) is 0 Å². The van der Waals surface area contributed by atoms with Crippen molar-refractivity contribution in [1.29, 1.82) is 0 Å². The molecule has 0 spiro atoms. The number of hydrogen-bond donors (Lipinski definition) is 0. The van der Waals surface area contributed by atoms with Crippen LogP contribution >= 0.6 is 0 Å². The molecule has 0 radical (unpaired) electrons. The molecule has 0 aliphatic rings. The standard InChI is InChI=1S/C52H31N5O/c1-3-11-34(12-4-1)49-54-50(35-23-27-39(28-24-35)57-44-17-9-7-15-41(44)42-16-8-10-18-45(42)57)56-51(55-49)38-25-29-40-37(31-38)22-21-32-19-20-33-26-30-43-48(47(33)46(32)40)58-52(53-43)36-13-5-2-6-14-36/h1-31H. The number of nitrogens with zero attached hydrogens (tertiary/aromatic N) is 5. The molecule has 3 aromatic heterocycles. The fourth-order valence-electron chi connectivity index (χ4n) is 8.50. The molecule has 12 aromatic rings. The van der Waals surface area contributed by atoms with Crippen LogP contribution in [-0.2, 0) is 0 Å². The normalized spacial score (nSPS) is 11.8. The summed E-state index contributed by atoms with van der Waals surface area (Å²) in [4.78, 5) is 20.1. The summed E-state index contributed by atoms with van der Waals surface area (Å²) in [6.07, 6.45) is 0. The highest BCUT2D eigenvalue weighted by molar-refractivity contribution is 6.26. The summed E-state index contributed by atoms with van der Waals surface area (Å²) in [5.74, 6) is 2.46. The van der Waals surface area contributed by atoms with E-state index in [9.17, 15) is 0 Å². The van der Waals surface area contributed by atoms with Gasteiger partial charge in [-0.05, 0) is 82.2 Å². The molecule has 3 heterocycles. The Labute approximate surface area is 332 Å². The zero-order chi connectivity index (χ0) is 38.2. The summed E-state index contributed by atoms with van der Waals surface area (Å²) in [6, 6.07) is 65.2. The third-order valence-electron chi connectivity index (χ3n) is 11.2. The zero-order valence-corrected chi connectivity index (χ0v) is 31.0. The minimum atomic E-state index is 0.611. The van der Waals surface area contributed by atoms with Gasteiger partial charge in [0.05, 0.1) is 11.0 Å². The Morgan fingerprint density at radius 2 is 0.879 bits per heavy atom. The SMILES string of the molecule is c1ccc(-c2nc(-c3ccc(-n4c5ccccc5c5ccccc54)cc3)nc(-c3ccc4c(ccc5ccc6ccc7nc(-c8ccccc8)oc7c6c54)c3)n2)cc1. The predicted octanol–water partition coefficient (Wildman–Crippen LogP) is 13.2. The quantitative estimate of drug-likeness (QED) is 0.164. The smallest absolute Gasteiger partial charge is 0.227 e. The molecule has 0 aliphatic heterocycles. The van der Waals surface area contributed by atoms with E-state index in [-0.39, 0.29) is 0 Å². The van der Waals surface area contributed by atoms with E-state index in [1.54, 1.807) is 0 Å². The van der Waals surface area contributed by atoms with Gasteiger partial charge in [-0.25, -0.2) is 19.9 Å². The lowest BCUT2D eigenvalue weighted by atomic mass is 9.95. The van der Waals surface area contributed by atoms with E-state index in [4.69, 9.17) is 24.4 Å². The highest BCUT2D eigenvalue weighted by Gasteiger charge is 2.18. The lowest BCUT2D eigenvalue weighted by Gasteiger charge is -2.12. The molecule has 9 aromatic carbocycles. The van der Waals surface area contributed by atoms with Crippen molar-refractivity contribution in [3.8, 4) is 51.3 Å². The molecule has 0 saturated carbocycles. The molecule has 0 aliphatic carbocycles. The van der Waals surface area contributed by atoms with Crippen LogP contribution < -0.4 is 0 Å². The van der Waals surface area contributed by atoms with E-state index in [0.29, 0.717) is 23.4 Å². The van der Waals surface area contributed by atoms with Crippen molar-refractivity contribution in [2.24, 2.45) is 0 Å². The van der Waals surface area contributed by atoms with Crippen LogP contribution in [0, 0.1) is 0 Å². The van der Waals surface area contributed by atoms with Crippen LogP contribution in [0.1, 0.15) is 0 Å². The summed E-state index contributed by atoms with van der Waals surface area (Å²) in [5.41, 5.74) is 8.74. The highest BCUT2D eigenvalue weighted by Crippen LogP contribution is 2.39. The summed E-state index contributed by atoms with van der Waals surface area (Å²) in [6.45, 7) is 0. The molecule has 6 nitrogen and oxygen atoms in total. The van der Waals surface area contributed by atoms with Crippen molar-refractivity contribution in [2.75, 3.05) is 0 Å². The molecule has 58 heavy (non-hydrogen) atoms. The molecule has 0 amide bonds. The minimum Gasteiger partial charge on any atom is -0.435 e. The van der Waals surface area contributed by atoms with Gasteiger partial charge < -0.3 is 8.98 Å². The van der Waals surface area contributed by atoms with Gasteiger partial charge in [-0.2, -0.15) is 0 Å². The number of oxazole rings is 1. The fourth-order valence-corrected chi connectivity index (χ4v) is 8.50. The van der Waals surface area contributed by atoms with Gasteiger partial charge in [-0.3, -0.25) is 0 Å². The van der Waals surface area contributed by atoms with Gasteiger partial charge in [0, 0.05) is 49.5 Å². The van der Waals surface area contributed by atoms with Crippen molar-refractivity contribution in [3.63, 3.8) is 0 Å². The Hall–Kier alpha value is -7.96. The summed E-state index contributed by atoms with van der Waals surface area (Å²) in [7, 11) is 0. The van der Waals surface area contributed by atoms with Gasteiger partial charge in [0.2, 0.25) is 5.89 Å². The topological polar surface area (TPSA) is 69.6 Å². The summed E-state index contributed by atoms with van der Waals surface area (Å²) in [5, 5.41) is 9.09. The molecule has 0 bridgehead atoms. The second kappa shape index (κ2) is 12.8. The molecule has 0 unspecified atom stereocenters. The van der Waals surface area contributed by atoms with Gasteiger partial charge in [0.1, 0.15) is 5.52 Å². The molecule has 0 N–H and O–H groups in total. The molecule has 0 fully saturated rings. The highest BCUT2D eigenvalue weighted by atomic mass is 16.3. The Morgan fingerprint density at radius 1 is 0.362 bits per heavy atom. The minimum absolute atomic E-state index is 0.611. The van der Waals surface area contributed by atoms with Crippen molar-refractivity contribution in [1.82, 2.24) is 24.5 Å². The Bertz CT molecular complexity index is 3500. The maximum absolute atomic E-state index is 6.55. The first kappa shape index (κ1) is 32.3. The Kier molecular flexibility index (Phi) is 7.13. The van der Waals surface area contributed by atoms with Crippen LogP contribution in [0.4, 0.5) is 0 Å². The maximum Gasteiger partial charge on any atom is 0.227 e. The summed E-state index contributed by atoms with van der Waals surface area (Å²) >= 11 is 0. The number of rotatable bonds is 5. The third-order valence-corrected chi connectivity index (χ3v) is 11.2. The molecule has 270 valence electrons. The van der Waals surface area contributed by atoms with E-state index in [0.717, 1.165) is 71.4 Å². The van der Waals surface area contributed by atoms with Crippen molar-refractivity contribution in [2.45, 2.75) is 0 Å². The first-order valence-corrected chi connectivity index (χ1v) is 19.4. The molecule has 12 rings (SSSR count). The largest absolute Gasteiger partial charge is 0.435 e. The zero-order valence-electron chi connectivity index (χ0n) is 31.0. The van der Waals surface area contributed by atoms with Gasteiger partial charge in [0.15, 0.2) is 23.1 Å². The summed E-state index contributed by atoms with van der Waals surface area (Å²) < 4.78 is 8.87. The van der Waals surface area contributed by atoms with Crippen LogP contribution in [0.5, 0.6) is 0 Å². The third kappa shape index (κ3) is 5.12. The fraction of sp³-hybridized carbons (Fsp3) is 0. The number of fused-ring (bicyclic) bond motifs is 10. The predicted molar refractivity (Wildman–Crippen MR) is 236 cm³/mol. The van der Waals surface area contributed by atoms with E-state index >= 15 is 0 Å². The second-order valence-electron chi connectivity index (χ2n) is 14.7. The van der Waals surface area contributed by atoms with Crippen molar-refractivity contribution in [3.05, 3.63) is 188 Å². The van der Waals surface area contributed by atoms with Gasteiger partial charge in [0.25, 0.3) is 0 Å². The van der Waals surface area contributed by atoms with Crippen molar-refractivity contribution >= 4 is 65.2 Å². The van der Waals surface area contributed by atoms with Gasteiger partial charge in [-0.1, -0.05) is 127 Å². The van der Waals surface area contributed by atoms with Crippen molar-refractivity contribution < 1.29 is 4.42 Å². The van der Waals surface area contributed by atoms with E-state index in [1.807, 2.05) is 66.7 Å². The number of aromatic nitrogens is 5. The monoisotopic (exact) mass is 741 g/mol. The molecule has 0 atom stereocenters. The van der Waals surface area contributed by atoms with E-state index in [1.165, 1.54) is 21.8 Å². The molecule has 6 heteroatoms. The number of para-hydroxylation sites is 2. The first-order valence-electron chi connectivity index (χ1n) is 19.4. The Morgan fingerprint density at radius 3 is 1.55 bits per heavy atom. The molecular weight excluding hydrogens is 711 g/mol. The van der Waals surface area contributed by atoms with Crippen LogP contribution in [0.15, 0.2) is 192 Å². The van der Waals surface area contributed by atoms with Crippen LogP contribution in [-0.4, -0.2) is 24.5 Å². The lowest BCUT2D eigenvalue weighted by molar-refractivity contribution is 0.623. The number of hydrogen-bond acceptors (Lipinski definition) is 5.